The van der Waals surface area contributed by atoms with E-state index in [9.17, 15) is 14.0 Å². The van der Waals surface area contributed by atoms with Gasteiger partial charge in [0.25, 0.3) is 0 Å². The fraction of sp³-hybridized carbons (Fsp3) is 0.233. The maximum atomic E-state index is 13.4. The van der Waals surface area contributed by atoms with E-state index in [2.05, 4.69) is 27.6 Å². The van der Waals surface area contributed by atoms with Gasteiger partial charge in [0.05, 0.1) is 12.1 Å². The summed E-state index contributed by atoms with van der Waals surface area (Å²) in [5.41, 5.74) is 3.33. The van der Waals surface area contributed by atoms with Crippen LogP contribution in [0.1, 0.15) is 23.4 Å². The highest BCUT2D eigenvalue weighted by Gasteiger charge is 2.39. The van der Waals surface area contributed by atoms with E-state index in [1.165, 1.54) is 17.7 Å². The molecular weight excluding hydrogens is 483 g/mol. The summed E-state index contributed by atoms with van der Waals surface area (Å²) in [6.45, 7) is 2.40. The lowest BCUT2D eigenvalue weighted by molar-refractivity contribution is -0.136. The molecule has 7 nitrogen and oxygen atoms in total. The van der Waals surface area contributed by atoms with E-state index in [4.69, 9.17) is 4.74 Å². The summed E-state index contributed by atoms with van der Waals surface area (Å²) in [5, 5.41) is 10.0. The van der Waals surface area contributed by atoms with E-state index >= 15 is 0 Å². The highest BCUT2D eigenvalue weighted by atomic mass is 19.1. The number of benzene rings is 3. The third-order valence-electron chi connectivity index (χ3n) is 6.64. The van der Waals surface area contributed by atoms with E-state index in [-0.39, 0.29) is 30.0 Å². The highest BCUT2D eigenvalue weighted by molar-refractivity contribution is 5.97. The number of rotatable bonds is 8. The third-order valence-corrected chi connectivity index (χ3v) is 6.64. The summed E-state index contributed by atoms with van der Waals surface area (Å²) in [6.07, 6.45) is 1.52. The highest BCUT2D eigenvalue weighted by Crippen LogP contribution is 2.29. The van der Waals surface area contributed by atoms with Crippen molar-refractivity contribution in [3.05, 3.63) is 108 Å². The van der Waals surface area contributed by atoms with Crippen LogP contribution in [-0.4, -0.2) is 39.5 Å². The normalized spacial score (nSPS) is 16.8. The Hall–Kier alpha value is -4.46. The number of ether oxygens (including phenoxy) is 1. The van der Waals surface area contributed by atoms with Crippen LogP contribution in [0.5, 0.6) is 11.5 Å². The van der Waals surface area contributed by atoms with Crippen LogP contribution in [0.25, 0.3) is 0 Å². The van der Waals surface area contributed by atoms with Crippen molar-refractivity contribution in [2.45, 2.75) is 32.2 Å². The minimum atomic E-state index is -0.577. The average molecular weight is 513 g/mol. The lowest BCUT2D eigenvalue weighted by Crippen LogP contribution is -2.43. The molecule has 0 aliphatic carbocycles. The standard InChI is InChI=1S/C30H29FN4O3/c1-20-15-25(34-33-20)18-29(36)35-19-22(16-21-5-3-2-4-6-21)17-28(35)30(37)32-24-9-13-27(14-10-24)38-26-11-7-23(31)8-12-26/h2-15,22,28H,16-19H2,1H3,(H,32,37)(H,33,34)/t22-,28+/m1/s1. The van der Waals surface area contributed by atoms with Gasteiger partial charge in [-0.3, -0.25) is 14.7 Å². The monoisotopic (exact) mass is 512 g/mol. The summed E-state index contributed by atoms with van der Waals surface area (Å²) in [6, 6.07) is 24.1. The molecule has 38 heavy (non-hydrogen) atoms. The third kappa shape index (κ3) is 6.26. The number of H-pyrrole nitrogens is 1. The van der Waals surface area contributed by atoms with Crippen LogP contribution in [0.2, 0.25) is 0 Å². The molecule has 0 radical (unpaired) electrons. The molecule has 1 fully saturated rings. The number of nitrogens with one attached hydrogen (secondary N) is 2. The van der Waals surface area contributed by atoms with Crippen molar-refractivity contribution in [2.24, 2.45) is 5.92 Å². The molecule has 4 aromatic rings. The predicted octanol–water partition coefficient (Wildman–Crippen LogP) is 5.29. The summed E-state index contributed by atoms with van der Waals surface area (Å²) in [5.74, 6) is 0.573. The second kappa shape index (κ2) is 11.3. The number of amides is 2. The number of hydrogen-bond acceptors (Lipinski definition) is 4. The van der Waals surface area contributed by atoms with Crippen molar-refractivity contribution >= 4 is 17.5 Å². The Labute approximate surface area is 220 Å². The Morgan fingerprint density at radius 2 is 1.71 bits per heavy atom. The second-order valence-electron chi connectivity index (χ2n) is 9.64. The van der Waals surface area contributed by atoms with Crippen molar-refractivity contribution < 1.29 is 18.7 Å². The average Bonchev–Trinajstić information content (AvgIpc) is 3.53. The summed E-state index contributed by atoms with van der Waals surface area (Å²) in [7, 11) is 0. The number of hydrogen-bond donors (Lipinski definition) is 2. The maximum Gasteiger partial charge on any atom is 0.247 e. The molecule has 0 unspecified atom stereocenters. The molecule has 3 aromatic carbocycles. The Morgan fingerprint density at radius 1 is 1.03 bits per heavy atom. The molecule has 1 aliphatic heterocycles. The fourth-order valence-corrected chi connectivity index (χ4v) is 4.83. The molecule has 8 heteroatoms. The van der Waals surface area contributed by atoms with Crippen LogP contribution in [0.3, 0.4) is 0 Å². The fourth-order valence-electron chi connectivity index (χ4n) is 4.83. The first-order valence-electron chi connectivity index (χ1n) is 12.6. The number of aromatic amines is 1. The largest absolute Gasteiger partial charge is 0.457 e. The van der Waals surface area contributed by atoms with Crippen molar-refractivity contribution in [1.29, 1.82) is 0 Å². The summed E-state index contributed by atoms with van der Waals surface area (Å²) in [4.78, 5) is 28.4. The molecule has 0 saturated carbocycles. The zero-order valence-electron chi connectivity index (χ0n) is 21.1. The second-order valence-corrected chi connectivity index (χ2v) is 9.64. The van der Waals surface area contributed by atoms with Crippen LogP contribution < -0.4 is 10.1 Å². The molecule has 2 N–H and O–H groups in total. The van der Waals surface area contributed by atoms with E-state index in [0.717, 1.165) is 12.1 Å². The van der Waals surface area contributed by atoms with Gasteiger partial charge in [-0.25, -0.2) is 4.39 Å². The zero-order chi connectivity index (χ0) is 26.5. The van der Waals surface area contributed by atoms with Gasteiger partial charge in [-0.2, -0.15) is 5.10 Å². The van der Waals surface area contributed by atoms with Gasteiger partial charge in [0.15, 0.2) is 0 Å². The van der Waals surface area contributed by atoms with Crippen molar-refractivity contribution in [2.75, 3.05) is 11.9 Å². The van der Waals surface area contributed by atoms with Gasteiger partial charge in [-0.05, 0) is 85.8 Å². The van der Waals surface area contributed by atoms with Crippen LogP contribution in [0.4, 0.5) is 10.1 Å². The van der Waals surface area contributed by atoms with Crippen LogP contribution in [-0.2, 0) is 22.4 Å². The quantitative estimate of drug-likeness (QED) is 0.336. The van der Waals surface area contributed by atoms with Crippen LogP contribution in [0.15, 0.2) is 84.9 Å². The number of aromatic nitrogens is 2. The minimum Gasteiger partial charge on any atom is -0.457 e. The molecular formula is C30H29FN4O3. The van der Waals surface area contributed by atoms with E-state index < -0.39 is 6.04 Å². The van der Waals surface area contributed by atoms with E-state index in [1.807, 2.05) is 31.2 Å². The number of carbonyl (C=O) groups is 2. The number of aryl methyl sites for hydroxylation is 1. The molecule has 1 aromatic heterocycles. The minimum absolute atomic E-state index is 0.116. The van der Waals surface area contributed by atoms with Gasteiger partial charge in [-0.15, -0.1) is 0 Å². The first kappa shape index (κ1) is 25.2. The van der Waals surface area contributed by atoms with Gasteiger partial charge in [-0.1, -0.05) is 30.3 Å². The number of likely N-dealkylation sites (tertiary alicyclic amines) is 1. The molecule has 194 valence electrons. The van der Waals surface area contributed by atoms with Gasteiger partial charge in [0, 0.05) is 17.9 Å². The van der Waals surface area contributed by atoms with Crippen LogP contribution in [0, 0.1) is 18.7 Å². The summed E-state index contributed by atoms with van der Waals surface area (Å²) < 4.78 is 18.9. The SMILES string of the molecule is Cc1cc(CC(=O)N2C[C@H](Cc3ccccc3)C[C@H]2C(=O)Nc2ccc(Oc3ccc(F)cc3)cc2)n[nH]1. The number of halogens is 1. The lowest BCUT2D eigenvalue weighted by Gasteiger charge is -2.24. The molecule has 2 amide bonds. The topological polar surface area (TPSA) is 87.3 Å². The number of carbonyl (C=O) groups excluding carboxylic acids is 2. The van der Waals surface area contributed by atoms with Crippen molar-refractivity contribution in [3.63, 3.8) is 0 Å². The van der Waals surface area contributed by atoms with Gasteiger partial charge < -0.3 is 15.0 Å². The molecule has 5 rings (SSSR count). The van der Waals surface area contributed by atoms with Crippen molar-refractivity contribution in [1.82, 2.24) is 15.1 Å². The molecule has 1 saturated heterocycles. The maximum absolute atomic E-state index is 13.4. The van der Waals surface area contributed by atoms with Gasteiger partial charge >= 0.3 is 0 Å². The first-order valence-corrected chi connectivity index (χ1v) is 12.6. The van der Waals surface area contributed by atoms with Gasteiger partial charge in [0.2, 0.25) is 11.8 Å². The molecule has 0 spiro atoms. The van der Waals surface area contributed by atoms with E-state index in [0.29, 0.717) is 35.8 Å². The first-order chi connectivity index (χ1) is 18.4. The Balaban J connectivity index is 1.27. The molecule has 2 heterocycles. The molecule has 0 bridgehead atoms. The molecule has 2 atom stereocenters. The Kier molecular flexibility index (Phi) is 7.49. The smallest absolute Gasteiger partial charge is 0.247 e. The number of nitrogens with zero attached hydrogens (tertiary/aromatic N) is 2. The lowest BCUT2D eigenvalue weighted by atomic mass is 9.96. The predicted molar refractivity (Wildman–Crippen MR) is 142 cm³/mol. The zero-order valence-corrected chi connectivity index (χ0v) is 21.1. The molecule has 1 aliphatic rings. The van der Waals surface area contributed by atoms with Crippen molar-refractivity contribution in [3.8, 4) is 11.5 Å². The Morgan fingerprint density at radius 3 is 2.37 bits per heavy atom. The Bertz CT molecular complexity index is 1390. The van der Waals surface area contributed by atoms with Crippen LogP contribution >= 0.6 is 0 Å². The van der Waals surface area contributed by atoms with E-state index in [1.54, 1.807) is 41.3 Å². The summed E-state index contributed by atoms with van der Waals surface area (Å²) >= 11 is 0. The number of anilines is 1. The van der Waals surface area contributed by atoms with Gasteiger partial charge in [0.1, 0.15) is 23.4 Å².